The fourth-order valence-electron chi connectivity index (χ4n) is 2.15. The maximum Gasteiger partial charge on any atom is 0.00470 e. The molecule has 0 saturated heterocycles. The fraction of sp³-hybridized carbons (Fsp3) is 1.00. The topological polar surface area (TPSA) is 12.0 Å². The summed E-state index contributed by atoms with van der Waals surface area (Å²) in [5, 5.41) is 4.47. The third-order valence-corrected chi connectivity index (χ3v) is 4.46. The van der Waals surface area contributed by atoms with E-state index in [4.69, 9.17) is 0 Å². The van der Waals surface area contributed by atoms with Gasteiger partial charge in [0.1, 0.15) is 0 Å². The lowest BCUT2D eigenvalue weighted by molar-refractivity contribution is 0.526. The van der Waals surface area contributed by atoms with Crippen LogP contribution in [0.15, 0.2) is 0 Å². The third kappa shape index (κ3) is 5.26. The number of nitrogens with one attached hydrogen (secondary N) is 1. The molecule has 1 aliphatic carbocycles. The van der Waals surface area contributed by atoms with E-state index in [-0.39, 0.29) is 0 Å². The largest absolute Gasteiger partial charge is 0.315 e. The average Bonchev–Trinajstić information content (AvgIpc) is 2.65. The Bertz CT molecular complexity index is 132. The van der Waals surface area contributed by atoms with Gasteiger partial charge in [-0.25, -0.2) is 0 Å². The van der Waals surface area contributed by atoms with Crippen molar-refractivity contribution in [1.82, 2.24) is 5.32 Å². The van der Waals surface area contributed by atoms with Crippen LogP contribution in [-0.2, 0) is 0 Å². The Morgan fingerprint density at radius 3 is 2.71 bits per heavy atom. The quantitative estimate of drug-likeness (QED) is 0.653. The zero-order valence-electron chi connectivity index (χ0n) is 9.72. The van der Waals surface area contributed by atoms with Crippen LogP contribution in [-0.4, -0.2) is 23.6 Å². The minimum atomic E-state index is 0.712. The molecule has 1 rings (SSSR count). The van der Waals surface area contributed by atoms with Crippen LogP contribution in [0.4, 0.5) is 0 Å². The maximum atomic E-state index is 3.46. The number of hydrogen-bond donors (Lipinski definition) is 1. The molecule has 0 spiro atoms. The van der Waals surface area contributed by atoms with Gasteiger partial charge in [-0.1, -0.05) is 19.8 Å². The predicted molar refractivity (Wildman–Crippen MR) is 67.1 cm³/mol. The van der Waals surface area contributed by atoms with Crippen molar-refractivity contribution >= 4 is 11.8 Å². The van der Waals surface area contributed by atoms with Crippen molar-refractivity contribution in [3.8, 4) is 0 Å². The smallest absolute Gasteiger partial charge is 0.00470 e. The van der Waals surface area contributed by atoms with Crippen molar-refractivity contribution < 1.29 is 0 Å². The van der Waals surface area contributed by atoms with Gasteiger partial charge in [0.05, 0.1) is 0 Å². The first-order chi connectivity index (χ1) is 6.83. The standard InChI is InChI=1S/C12H25NS/c1-3-13-11(2)7-6-10-14-12-8-4-5-9-12/h11-13H,3-10H2,1-2H3. The Balaban J connectivity index is 1.88. The lowest BCUT2D eigenvalue weighted by Gasteiger charge is -2.13. The molecule has 0 bridgehead atoms. The summed E-state index contributed by atoms with van der Waals surface area (Å²) in [4.78, 5) is 0. The second kappa shape index (κ2) is 7.58. The van der Waals surface area contributed by atoms with E-state index >= 15 is 0 Å². The molecule has 2 heteroatoms. The maximum absolute atomic E-state index is 3.46. The molecule has 0 radical (unpaired) electrons. The molecule has 0 aliphatic heterocycles. The van der Waals surface area contributed by atoms with Gasteiger partial charge in [-0.05, 0) is 44.9 Å². The Morgan fingerprint density at radius 1 is 1.36 bits per heavy atom. The summed E-state index contributed by atoms with van der Waals surface area (Å²) in [7, 11) is 0. The second-order valence-corrected chi connectivity index (χ2v) is 5.79. The minimum absolute atomic E-state index is 0.712. The Morgan fingerprint density at radius 2 is 2.07 bits per heavy atom. The molecule has 0 aromatic carbocycles. The summed E-state index contributed by atoms with van der Waals surface area (Å²) in [5.74, 6) is 1.38. The van der Waals surface area contributed by atoms with Gasteiger partial charge in [-0.3, -0.25) is 0 Å². The van der Waals surface area contributed by atoms with Crippen LogP contribution in [0.3, 0.4) is 0 Å². The van der Waals surface area contributed by atoms with Crippen LogP contribution < -0.4 is 5.32 Å². The van der Waals surface area contributed by atoms with E-state index in [9.17, 15) is 0 Å². The van der Waals surface area contributed by atoms with Gasteiger partial charge in [-0.2, -0.15) is 11.8 Å². The second-order valence-electron chi connectivity index (χ2n) is 4.38. The Kier molecular flexibility index (Phi) is 6.70. The van der Waals surface area contributed by atoms with Crippen LogP contribution >= 0.6 is 11.8 Å². The average molecular weight is 215 g/mol. The normalized spacial score (nSPS) is 20.1. The van der Waals surface area contributed by atoms with Gasteiger partial charge in [0.2, 0.25) is 0 Å². The molecule has 1 saturated carbocycles. The molecule has 1 aliphatic rings. The molecular formula is C12H25NS. The van der Waals surface area contributed by atoms with Gasteiger partial charge in [0, 0.05) is 11.3 Å². The van der Waals surface area contributed by atoms with E-state index in [1.165, 1.54) is 44.3 Å². The van der Waals surface area contributed by atoms with Crippen molar-refractivity contribution in [2.75, 3.05) is 12.3 Å². The summed E-state index contributed by atoms with van der Waals surface area (Å²) < 4.78 is 0. The molecule has 0 aromatic heterocycles. The van der Waals surface area contributed by atoms with Gasteiger partial charge in [-0.15, -0.1) is 0 Å². The molecule has 1 nitrogen and oxygen atoms in total. The van der Waals surface area contributed by atoms with Crippen molar-refractivity contribution in [2.45, 2.75) is 63.7 Å². The zero-order chi connectivity index (χ0) is 10.2. The van der Waals surface area contributed by atoms with E-state index < -0.39 is 0 Å². The first kappa shape index (κ1) is 12.4. The van der Waals surface area contributed by atoms with E-state index in [1.54, 1.807) is 0 Å². The monoisotopic (exact) mass is 215 g/mol. The van der Waals surface area contributed by atoms with Gasteiger partial charge < -0.3 is 5.32 Å². The third-order valence-electron chi connectivity index (χ3n) is 2.99. The van der Waals surface area contributed by atoms with Gasteiger partial charge >= 0.3 is 0 Å². The van der Waals surface area contributed by atoms with Crippen LogP contribution in [0.25, 0.3) is 0 Å². The van der Waals surface area contributed by atoms with Crippen LogP contribution in [0.5, 0.6) is 0 Å². The molecule has 84 valence electrons. The van der Waals surface area contributed by atoms with Crippen molar-refractivity contribution in [3.63, 3.8) is 0 Å². The molecule has 1 unspecified atom stereocenters. The summed E-state index contributed by atoms with van der Waals surface area (Å²) in [6.45, 7) is 5.59. The predicted octanol–water partition coefficient (Wildman–Crippen LogP) is 3.44. The summed E-state index contributed by atoms with van der Waals surface area (Å²) >= 11 is 2.22. The van der Waals surface area contributed by atoms with E-state index in [2.05, 4.69) is 30.9 Å². The molecule has 1 atom stereocenters. The first-order valence-electron chi connectivity index (χ1n) is 6.18. The highest BCUT2D eigenvalue weighted by atomic mass is 32.2. The van der Waals surface area contributed by atoms with Gasteiger partial charge in [0.15, 0.2) is 0 Å². The van der Waals surface area contributed by atoms with Crippen molar-refractivity contribution in [1.29, 1.82) is 0 Å². The minimum Gasteiger partial charge on any atom is -0.315 e. The molecule has 14 heavy (non-hydrogen) atoms. The van der Waals surface area contributed by atoms with Crippen LogP contribution in [0, 0.1) is 0 Å². The SMILES string of the molecule is CCNC(C)CCCSC1CCCC1. The Hall–Kier alpha value is 0.310. The summed E-state index contributed by atoms with van der Waals surface area (Å²) in [6.07, 6.45) is 8.64. The van der Waals surface area contributed by atoms with Crippen LogP contribution in [0.2, 0.25) is 0 Å². The summed E-state index contributed by atoms with van der Waals surface area (Å²) in [5.41, 5.74) is 0. The molecule has 0 aromatic rings. The summed E-state index contributed by atoms with van der Waals surface area (Å²) in [6, 6.07) is 0.712. The number of rotatable bonds is 7. The van der Waals surface area contributed by atoms with E-state index in [1.807, 2.05) is 0 Å². The lowest BCUT2D eigenvalue weighted by atomic mass is 10.2. The van der Waals surface area contributed by atoms with Crippen LogP contribution in [0.1, 0.15) is 52.4 Å². The zero-order valence-corrected chi connectivity index (χ0v) is 10.5. The van der Waals surface area contributed by atoms with Gasteiger partial charge in [0.25, 0.3) is 0 Å². The Labute approximate surface area is 93.4 Å². The van der Waals surface area contributed by atoms with E-state index in [0.29, 0.717) is 6.04 Å². The number of thioether (sulfide) groups is 1. The molecule has 1 fully saturated rings. The molecule has 0 amide bonds. The highest BCUT2D eigenvalue weighted by Crippen LogP contribution is 2.29. The molecule has 0 heterocycles. The van der Waals surface area contributed by atoms with Crippen molar-refractivity contribution in [3.05, 3.63) is 0 Å². The highest BCUT2D eigenvalue weighted by molar-refractivity contribution is 7.99. The lowest BCUT2D eigenvalue weighted by Crippen LogP contribution is -2.25. The molecular weight excluding hydrogens is 190 g/mol. The van der Waals surface area contributed by atoms with E-state index in [0.717, 1.165) is 11.8 Å². The first-order valence-corrected chi connectivity index (χ1v) is 7.22. The van der Waals surface area contributed by atoms with Crippen molar-refractivity contribution in [2.24, 2.45) is 0 Å². The highest BCUT2D eigenvalue weighted by Gasteiger charge is 2.14. The number of hydrogen-bond acceptors (Lipinski definition) is 2. The molecule has 1 N–H and O–H groups in total. The fourth-order valence-corrected chi connectivity index (χ4v) is 3.48.